The van der Waals surface area contributed by atoms with Gasteiger partial charge < -0.3 is 14.2 Å². The van der Waals surface area contributed by atoms with Gasteiger partial charge in [0.05, 0.1) is 14.2 Å². The van der Waals surface area contributed by atoms with Gasteiger partial charge in [-0.3, -0.25) is 4.79 Å². The highest BCUT2D eigenvalue weighted by molar-refractivity contribution is 9.10. The first-order chi connectivity index (χ1) is 11.6. The molecule has 1 amide bonds. The van der Waals surface area contributed by atoms with Gasteiger partial charge in [0.2, 0.25) is 0 Å². The summed E-state index contributed by atoms with van der Waals surface area (Å²) in [5.41, 5.74) is 2.35. The zero-order chi connectivity index (χ0) is 17.8. The molecule has 0 aliphatic carbocycles. The van der Waals surface area contributed by atoms with E-state index in [0.717, 1.165) is 4.47 Å². The van der Waals surface area contributed by atoms with E-state index in [2.05, 4.69) is 33.0 Å². The van der Waals surface area contributed by atoms with Crippen LogP contribution in [0.1, 0.15) is 0 Å². The van der Waals surface area contributed by atoms with Crippen molar-refractivity contribution in [3.05, 3.63) is 59.3 Å². The van der Waals surface area contributed by atoms with Crippen molar-refractivity contribution >= 4 is 28.1 Å². The van der Waals surface area contributed by atoms with Crippen LogP contribution in [0.4, 0.5) is 0 Å². The van der Waals surface area contributed by atoms with Crippen LogP contribution in [0.2, 0.25) is 0 Å². The maximum atomic E-state index is 11.7. The normalized spacial score (nSPS) is 11.5. The first-order valence-corrected chi connectivity index (χ1v) is 7.71. The second kappa shape index (κ2) is 11.1. The van der Waals surface area contributed by atoms with Crippen molar-refractivity contribution < 1.29 is 19.0 Å². The molecule has 0 atom stereocenters. The molecule has 128 valence electrons. The van der Waals surface area contributed by atoms with Gasteiger partial charge in [-0.2, -0.15) is 5.10 Å². The molecule has 0 spiro atoms. The summed E-state index contributed by atoms with van der Waals surface area (Å²) < 4.78 is 16.5. The van der Waals surface area contributed by atoms with Crippen molar-refractivity contribution in [3.63, 3.8) is 0 Å². The van der Waals surface area contributed by atoms with E-state index in [9.17, 15) is 4.79 Å². The Morgan fingerprint density at radius 3 is 2.83 bits per heavy atom. The Hall–Kier alpha value is -2.54. The van der Waals surface area contributed by atoms with Crippen LogP contribution in [0.3, 0.4) is 0 Å². The molecule has 0 saturated heterocycles. The van der Waals surface area contributed by atoms with Crippen LogP contribution < -0.4 is 14.9 Å². The van der Waals surface area contributed by atoms with E-state index in [1.165, 1.54) is 13.3 Å². The lowest BCUT2D eigenvalue weighted by Gasteiger charge is -2.09. The van der Waals surface area contributed by atoms with Crippen molar-refractivity contribution in [2.45, 2.75) is 0 Å². The van der Waals surface area contributed by atoms with E-state index >= 15 is 0 Å². The first kappa shape index (κ1) is 19.5. The van der Waals surface area contributed by atoms with Crippen LogP contribution in [-0.2, 0) is 9.53 Å². The SMILES string of the molecule is C=C/C=C(/C=C/C=N/NC(=O)COc1ccc(Br)cc1OC)OC. The fourth-order valence-electron chi connectivity index (χ4n) is 1.53. The minimum atomic E-state index is -0.391. The largest absolute Gasteiger partial charge is 0.497 e. The molecule has 0 aliphatic rings. The van der Waals surface area contributed by atoms with E-state index in [4.69, 9.17) is 14.2 Å². The monoisotopic (exact) mass is 394 g/mol. The molecule has 1 rings (SSSR count). The van der Waals surface area contributed by atoms with Gasteiger partial charge in [-0.25, -0.2) is 5.43 Å². The number of hydrazone groups is 1. The molecule has 0 bridgehead atoms. The van der Waals surface area contributed by atoms with Gasteiger partial charge in [-0.15, -0.1) is 0 Å². The maximum Gasteiger partial charge on any atom is 0.277 e. The fourth-order valence-corrected chi connectivity index (χ4v) is 1.87. The highest BCUT2D eigenvalue weighted by atomic mass is 79.9. The number of hydrogen-bond acceptors (Lipinski definition) is 5. The highest BCUT2D eigenvalue weighted by Crippen LogP contribution is 2.29. The molecule has 0 radical (unpaired) electrons. The van der Waals surface area contributed by atoms with Gasteiger partial charge in [-0.1, -0.05) is 28.6 Å². The standard InChI is InChI=1S/C17H19BrN2O4/c1-4-6-14(22-2)7-5-10-19-20-17(21)12-24-15-9-8-13(18)11-16(15)23-3/h4-11H,1,12H2,2-3H3,(H,20,21)/b7-5+,14-6-,19-10+. The summed E-state index contributed by atoms with van der Waals surface area (Å²) in [5.74, 6) is 1.23. The predicted octanol–water partition coefficient (Wildman–Crippen LogP) is 3.21. The summed E-state index contributed by atoms with van der Waals surface area (Å²) in [7, 11) is 3.08. The summed E-state index contributed by atoms with van der Waals surface area (Å²) in [6.45, 7) is 3.39. The van der Waals surface area contributed by atoms with E-state index in [1.807, 2.05) is 0 Å². The zero-order valence-electron chi connectivity index (χ0n) is 13.5. The van der Waals surface area contributed by atoms with Crippen LogP contribution >= 0.6 is 15.9 Å². The molecule has 24 heavy (non-hydrogen) atoms. The number of ether oxygens (including phenoxy) is 3. The summed E-state index contributed by atoms with van der Waals surface area (Å²) in [5, 5.41) is 3.77. The zero-order valence-corrected chi connectivity index (χ0v) is 15.1. The minimum absolute atomic E-state index is 0.182. The van der Waals surface area contributed by atoms with Crippen LogP contribution in [0.15, 0.2) is 64.4 Å². The number of nitrogens with one attached hydrogen (secondary N) is 1. The maximum absolute atomic E-state index is 11.7. The quantitative estimate of drug-likeness (QED) is 0.302. The van der Waals surface area contributed by atoms with Crippen molar-refractivity contribution in [1.82, 2.24) is 5.43 Å². The van der Waals surface area contributed by atoms with Crippen LogP contribution in [0.25, 0.3) is 0 Å². The van der Waals surface area contributed by atoms with Gasteiger partial charge in [0.25, 0.3) is 5.91 Å². The fraction of sp³-hybridized carbons (Fsp3) is 0.176. The van der Waals surface area contributed by atoms with E-state index in [1.54, 1.807) is 49.6 Å². The molecule has 0 heterocycles. The molecule has 0 aliphatic heterocycles. The number of hydrogen-bond donors (Lipinski definition) is 1. The minimum Gasteiger partial charge on any atom is -0.497 e. The second-order valence-electron chi connectivity index (χ2n) is 4.26. The Labute approximate surface area is 149 Å². The Morgan fingerprint density at radius 1 is 1.38 bits per heavy atom. The first-order valence-electron chi connectivity index (χ1n) is 6.92. The lowest BCUT2D eigenvalue weighted by Crippen LogP contribution is -2.24. The molecule has 1 aromatic rings. The predicted molar refractivity (Wildman–Crippen MR) is 97.3 cm³/mol. The Kier molecular flexibility index (Phi) is 8.99. The summed E-state index contributed by atoms with van der Waals surface area (Å²) in [6.07, 6.45) is 8.03. The van der Waals surface area contributed by atoms with Crippen LogP contribution in [0, 0.1) is 0 Å². The number of rotatable bonds is 9. The Balaban J connectivity index is 2.44. The lowest BCUT2D eigenvalue weighted by molar-refractivity contribution is -0.123. The molecule has 1 aromatic carbocycles. The molecule has 7 heteroatoms. The van der Waals surface area contributed by atoms with E-state index in [0.29, 0.717) is 17.3 Å². The van der Waals surface area contributed by atoms with Crippen LogP contribution in [-0.4, -0.2) is 32.9 Å². The number of methoxy groups -OCH3 is 2. The number of carbonyl (C=O) groups excluding carboxylic acids is 1. The number of carbonyl (C=O) groups is 1. The number of amides is 1. The van der Waals surface area contributed by atoms with E-state index in [-0.39, 0.29) is 6.61 Å². The average molecular weight is 395 g/mol. The molecule has 0 fully saturated rings. The Bertz CT molecular complexity index is 654. The molecule has 6 nitrogen and oxygen atoms in total. The van der Waals surface area contributed by atoms with Gasteiger partial charge in [0.1, 0.15) is 5.76 Å². The van der Waals surface area contributed by atoms with Crippen LogP contribution in [0.5, 0.6) is 11.5 Å². The summed E-state index contributed by atoms with van der Waals surface area (Å²) >= 11 is 3.33. The smallest absolute Gasteiger partial charge is 0.277 e. The lowest BCUT2D eigenvalue weighted by atomic mass is 10.3. The number of allylic oxidation sites excluding steroid dienone is 4. The molecule has 0 aromatic heterocycles. The second-order valence-corrected chi connectivity index (χ2v) is 5.18. The van der Waals surface area contributed by atoms with Gasteiger partial charge in [0.15, 0.2) is 18.1 Å². The highest BCUT2D eigenvalue weighted by Gasteiger charge is 2.07. The summed E-state index contributed by atoms with van der Waals surface area (Å²) in [6, 6.07) is 5.25. The van der Waals surface area contributed by atoms with Crippen molar-refractivity contribution in [3.8, 4) is 11.5 Å². The molecular formula is C17H19BrN2O4. The third-order valence-electron chi connectivity index (χ3n) is 2.61. The van der Waals surface area contributed by atoms with Gasteiger partial charge in [0, 0.05) is 10.7 Å². The Morgan fingerprint density at radius 2 is 2.17 bits per heavy atom. The van der Waals surface area contributed by atoms with Crippen molar-refractivity contribution in [1.29, 1.82) is 0 Å². The molecular weight excluding hydrogens is 376 g/mol. The molecule has 0 unspecified atom stereocenters. The number of benzene rings is 1. The molecule has 1 N–H and O–H groups in total. The third-order valence-corrected chi connectivity index (χ3v) is 3.11. The molecule has 0 saturated carbocycles. The van der Waals surface area contributed by atoms with E-state index < -0.39 is 5.91 Å². The van der Waals surface area contributed by atoms with Gasteiger partial charge in [-0.05, 0) is 36.4 Å². The third kappa shape index (κ3) is 7.15. The number of halogens is 1. The number of nitrogens with zero attached hydrogens (tertiary/aromatic N) is 1. The average Bonchev–Trinajstić information content (AvgIpc) is 2.59. The summed E-state index contributed by atoms with van der Waals surface area (Å²) in [4.78, 5) is 11.7. The van der Waals surface area contributed by atoms with Crippen molar-refractivity contribution in [2.75, 3.05) is 20.8 Å². The van der Waals surface area contributed by atoms with Crippen molar-refractivity contribution in [2.24, 2.45) is 5.10 Å². The van der Waals surface area contributed by atoms with Gasteiger partial charge >= 0.3 is 0 Å². The topological polar surface area (TPSA) is 69.2 Å².